The van der Waals surface area contributed by atoms with E-state index in [0.717, 1.165) is 18.7 Å². The van der Waals surface area contributed by atoms with Crippen LogP contribution in [0.1, 0.15) is 12.5 Å². The smallest absolute Gasteiger partial charge is 0.169 e. The van der Waals surface area contributed by atoms with Crippen molar-refractivity contribution < 1.29 is 14.2 Å². The van der Waals surface area contributed by atoms with Crippen molar-refractivity contribution in [3.05, 3.63) is 29.8 Å². The fourth-order valence-electron chi connectivity index (χ4n) is 2.01. The number of likely N-dealkylation sites (N-methyl/N-ethyl adjacent to an activating group) is 1. The summed E-state index contributed by atoms with van der Waals surface area (Å²) >= 11 is 0. The lowest BCUT2D eigenvalue weighted by molar-refractivity contribution is -0.116. The molecule has 0 aliphatic rings. The second kappa shape index (κ2) is 8.15. The lowest BCUT2D eigenvalue weighted by atomic mass is 10.1. The zero-order valence-electron chi connectivity index (χ0n) is 12.6. The molecule has 0 amide bonds. The Kier molecular flexibility index (Phi) is 6.84. The van der Waals surface area contributed by atoms with Gasteiger partial charge in [0.1, 0.15) is 5.75 Å². The molecule has 0 heterocycles. The molecule has 0 aromatic heterocycles. The molecule has 0 aliphatic carbocycles. The highest BCUT2D eigenvalue weighted by Crippen LogP contribution is 2.20. The molecule has 4 nitrogen and oxygen atoms in total. The molecule has 0 saturated heterocycles. The third-order valence-corrected chi connectivity index (χ3v) is 3.42. The van der Waals surface area contributed by atoms with E-state index in [1.54, 1.807) is 21.3 Å². The van der Waals surface area contributed by atoms with Crippen molar-refractivity contribution in [3.63, 3.8) is 0 Å². The van der Waals surface area contributed by atoms with E-state index in [2.05, 4.69) is 24.9 Å². The van der Waals surface area contributed by atoms with Gasteiger partial charge in [-0.15, -0.1) is 0 Å². The van der Waals surface area contributed by atoms with Gasteiger partial charge >= 0.3 is 0 Å². The van der Waals surface area contributed by atoms with Crippen LogP contribution in [-0.2, 0) is 15.9 Å². The first-order valence-corrected chi connectivity index (χ1v) is 6.50. The van der Waals surface area contributed by atoms with E-state index in [-0.39, 0.29) is 6.29 Å². The number of hydrogen-bond acceptors (Lipinski definition) is 4. The fourth-order valence-corrected chi connectivity index (χ4v) is 2.01. The quantitative estimate of drug-likeness (QED) is 0.676. The van der Waals surface area contributed by atoms with Crippen LogP contribution < -0.4 is 4.74 Å². The highest BCUT2D eigenvalue weighted by molar-refractivity contribution is 5.33. The Balaban J connectivity index is 2.60. The van der Waals surface area contributed by atoms with Gasteiger partial charge in [0.2, 0.25) is 0 Å². The summed E-state index contributed by atoms with van der Waals surface area (Å²) in [5.74, 6) is 0.942. The van der Waals surface area contributed by atoms with Gasteiger partial charge in [-0.2, -0.15) is 0 Å². The molecule has 0 radical (unpaired) electrons. The summed E-state index contributed by atoms with van der Waals surface area (Å²) in [5, 5.41) is 0. The fraction of sp³-hybridized carbons (Fsp3) is 0.600. The highest BCUT2D eigenvalue weighted by Gasteiger charge is 2.16. The molecule has 0 spiro atoms. The Morgan fingerprint density at radius 1 is 1.11 bits per heavy atom. The molecule has 0 N–H and O–H groups in total. The van der Waals surface area contributed by atoms with Crippen LogP contribution >= 0.6 is 0 Å². The number of para-hydroxylation sites is 1. The SMILES string of the molecule is COc1ccccc1CC(C)N(C)CC(OC)OC. The van der Waals surface area contributed by atoms with Crippen LogP contribution in [0.4, 0.5) is 0 Å². The van der Waals surface area contributed by atoms with Crippen molar-refractivity contribution in [2.24, 2.45) is 0 Å². The van der Waals surface area contributed by atoms with Crippen LogP contribution in [-0.4, -0.2) is 52.2 Å². The van der Waals surface area contributed by atoms with Gasteiger partial charge in [0.25, 0.3) is 0 Å². The van der Waals surface area contributed by atoms with Crippen LogP contribution in [0.5, 0.6) is 5.75 Å². The lowest BCUT2D eigenvalue weighted by Crippen LogP contribution is -2.38. The van der Waals surface area contributed by atoms with Crippen molar-refractivity contribution in [1.29, 1.82) is 0 Å². The number of benzene rings is 1. The molecular formula is C15H25NO3. The first-order valence-electron chi connectivity index (χ1n) is 6.50. The van der Waals surface area contributed by atoms with E-state index in [0.29, 0.717) is 6.04 Å². The second-order valence-electron chi connectivity index (χ2n) is 4.71. The minimum absolute atomic E-state index is 0.190. The van der Waals surface area contributed by atoms with Crippen LogP contribution in [0.2, 0.25) is 0 Å². The number of nitrogens with zero attached hydrogens (tertiary/aromatic N) is 1. The number of methoxy groups -OCH3 is 3. The number of ether oxygens (including phenoxy) is 3. The van der Waals surface area contributed by atoms with Gasteiger partial charge in [-0.05, 0) is 32.0 Å². The van der Waals surface area contributed by atoms with E-state index in [9.17, 15) is 0 Å². The average Bonchev–Trinajstić information content (AvgIpc) is 2.44. The van der Waals surface area contributed by atoms with E-state index in [4.69, 9.17) is 14.2 Å². The van der Waals surface area contributed by atoms with Crippen LogP contribution in [0.15, 0.2) is 24.3 Å². The maximum absolute atomic E-state index is 5.38. The molecule has 108 valence electrons. The van der Waals surface area contributed by atoms with Crippen molar-refractivity contribution in [1.82, 2.24) is 4.90 Å². The number of rotatable bonds is 8. The van der Waals surface area contributed by atoms with Gasteiger partial charge in [-0.1, -0.05) is 18.2 Å². The summed E-state index contributed by atoms with van der Waals surface area (Å²) in [4.78, 5) is 2.23. The topological polar surface area (TPSA) is 30.9 Å². The predicted octanol–water partition coefficient (Wildman–Crippen LogP) is 2.18. The van der Waals surface area contributed by atoms with Gasteiger partial charge in [0.05, 0.1) is 7.11 Å². The van der Waals surface area contributed by atoms with E-state index < -0.39 is 0 Å². The molecular weight excluding hydrogens is 242 g/mol. The Hall–Kier alpha value is -1.10. The number of hydrogen-bond donors (Lipinski definition) is 0. The molecule has 1 atom stereocenters. The van der Waals surface area contributed by atoms with Crippen LogP contribution in [0, 0.1) is 0 Å². The first-order chi connectivity index (χ1) is 9.12. The summed E-state index contributed by atoms with van der Waals surface area (Å²) in [7, 11) is 7.10. The highest BCUT2D eigenvalue weighted by atomic mass is 16.7. The maximum Gasteiger partial charge on any atom is 0.169 e. The summed E-state index contributed by atoms with van der Waals surface area (Å²) in [6, 6.07) is 8.51. The summed E-state index contributed by atoms with van der Waals surface area (Å²) in [6.07, 6.45) is 0.742. The van der Waals surface area contributed by atoms with Gasteiger partial charge in [-0.25, -0.2) is 0 Å². The molecule has 4 heteroatoms. The maximum atomic E-state index is 5.38. The first kappa shape index (κ1) is 16.0. The minimum Gasteiger partial charge on any atom is -0.496 e. The summed E-state index contributed by atoms with van der Waals surface area (Å²) in [5.41, 5.74) is 1.22. The van der Waals surface area contributed by atoms with Crippen LogP contribution in [0.3, 0.4) is 0 Å². The van der Waals surface area contributed by atoms with Gasteiger partial charge < -0.3 is 14.2 Å². The molecule has 0 bridgehead atoms. The molecule has 1 aromatic rings. The molecule has 1 unspecified atom stereocenters. The van der Waals surface area contributed by atoms with Gasteiger partial charge in [-0.3, -0.25) is 4.90 Å². The molecule has 19 heavy (non-hydrogen) atoms. The van der Waals surface area contributed by atoms with Crippen molar-refractivity contribution in [2.75, 3.05) is 34.9 Å². The third-order valence-electron chi connectivity index (χ3n) is 3.42. The minimum atomic E-state index is -0.190. The molecule has 0 saturated carbocycles. The third kappa shape index (κ3) is 4.82. The Labute approximate surface area is 116 Å². The van der Waals surface area contributed by atoms with E-state index >= 15 is 0 Å². The van der Waals surface area contributed by atoms with Crippen LogP contribution in [0.25, 0.3) is 0 Å². The lowest BCUT2D eigenvalue weighted by Gasteiger charge is -2.28. The monoisotopic (exact) mass is 267 g/mol. The molecule has 1 rings (SSSR count). The van der Waals surface area contributed by atoms with Gasteiger partial charge in [0, 0.05) is 26.8 Å². The second-order valence-corrected chi connectivity index (χ2v) is 4.71. The normalized spacial score (nSPS) is 13.0. The molecule has 0 fully saturated rings. The largest absolute Gasteiger partial charge is 0.496 e. The summed E-state index contributed by atoms with van der Waals surface area (Å²) < 4.78 is 15.8. The summed E-state index contributed by atoms with van der Waals surface area (Å²) in [6.45, 7) is 2.93. The van der Waals surface area contributed by atoms with E-state index in [1.807, 2.05) is 18.2 Å². The standard InChI is InChI=1S/C15H25NO3/c1-12(16(2)11-15(18-4)19-5)10-13-8-6-7-9-14(13)17-3/h6-9,12,15H,10-11H2,1-5H3. The Bertz CT molecular complexity index is 366. The zero-order valence-corrected chi connectivity index (χ0v) is 12.6. The van der Waals surface area contributed by atoms with Gasteiger partial charge in [0.15, 0.2) is 6.29 Å². The zero-order chi connectivity index (χ0) is 14.3. The average molecular weight is 267 g/mol. The Morgan fingerprint density at radius 3 is 2.32 bits per heavy atom. The van der Waals surface area contributed by atoms with Crippen molar-refractivity contribution >= 4 is 0 Å². The Morgan fingerprint density at radius 2 is 1.74 bits per heavy atom. The van der Waals surface area contributed by atoms with Crippen molar-refractivity contribution in [2.45, 2.75) is 25.7 Å². The molecule has 1 aromatic carbocycles. The predicted molar refractivity (Wildman–Crippen MR) is 76.6 cm³/mol. The molecule has 0 aliphatic heterocycles. The van der Waals surface area contributed by atoms with Crippen molar-refractivity contribution in [3.8, 4) is 5.75 Å². The van der Waals surface area contributed by atoms with E-state index in [1.165, 1.54) is 5.56 Å².